The number of carbonyl (C=O) groups excluding carboxylic acids is 3. The highest BCUT2D eigenvalue weighted by Gasteiger charge is 2.47. The molecule has 2 heterocycles. The largest absolute Gasteiger partial charge is 0.347 e. The molecule has 1 aromatic rings. The molecule has 0 radical (unpaired) electrons. The van der Waals surface area contributed by atoms with Crippen LogP contribution >= 0.6 is 0 Å². The van der Waals surface area contributed by atoms with Crippen LogP contribution in [0.5, 0.6) is 0 Å². The summed E-state index contributed by atoms with van der Waals surface area (Å²) in [7, 11) is 3.43. The maximum absolute atomic E-state index is 13.7. The molecular formula is C24H34N4O3. The van der Waals surface area contributed by atoms with Crippen molar-refractivity contribution < 1.29 is 14.4 Å². The zero-order valence-corrected chi connectivity index (χ0v) is 19.7. The number of rotatable bonds is 6. The molecular weight excluding hydrogens is 392 g/mol. The molecule has 2 aliphatic heterocycles. The van der Waals surface area contributed by atoms with E-state index < -0.39 is 12.1 Å². The highest BCUT2D eigenvalue weighted by Crippen LogP contribution is 2.38. The van der Waals surface area contributed by atoms with Crippen molar-refractivity contribution in [2.75, 3.05) is 27.2 Å². The predicted octanol–water partition coefficient (Wildman–Crippen LogP) is 2.99. The van der Waals surface area contributed by atoms with E-state index in [2.05, 4.69) is 11.4 Å². The Morgan fingerprint density at radius 1 is 1.23 bits per heavy atom. The molecule has 0 aromatic heterocycles. The van der Waals surface area contributed by atoms with Crippen molar-refractivity contribution in [2.45, 2.75) is 53.1 Å². The standard InChI is InChI=1S/C24H34N4O3/c1-8-27-19-13-28(18(11-14(2)3)22(29)26(6)7)23(30)20(19)21(25-24(27)31)17-10-9-15(4)12-16(17)5/h9-10,12,14,18,21H,8,11,13H2,1-7H3,(H,25,31)/t18-,21-/m1/s1. The van der Waals surface area contributed by atoms with Gasteiger partial charge in [0.2, 0.25) is 5.91 Å². The van der Waals surface area contributed by atoms with Crippen molar-refractivity contribution in [3.8, 4) is 0 Å². The van der Waals surface area contributed by atoms with Crippen molar-refractivity contribution in [1.29, 1.82) is 0 Å². The Kier molecular flexibility index (Phi) is 6.43. The minimum atomic E-state index is -0.554. The van der Waals surface area contributed by atoms with Crippen molar-refractivity contribution in [3.63, 3.8) is 0 Å². The van der Waals surface area contributed by atoms with Crippen LogP contribution in [0.1, 0.15) is 49.9 Å². The lowest BCUT2D eigenvalue weighted by Gasteiger charge is -2.33. The number of aryl methyl sites for hydroxylation is 2. The number of nitrogens with one attached hydrogen (secondary N) is 1. The maximum atomic E-state index is 13.7. The molecule has 2 atom stereocenters. The van der Waals surface area contributed by atoms with Crippen LogP contribution in [0.3, 0.4) is 0 Å². The van der Waals surface area contributed by atoms with Gasteiger partial charge in [-0.2, -0.15) is 0 Å². The van der Waals surface area contributed by atoms with Gasteiger partial charge in [0, 0.05) is 20.6 Å². The van der Waals surface area contributed by atoms with Crippen molar-refractivity contribution >= 4 is 17.8 Å². The molecule has 0 fully saturated rings. The van der Waals surface area contributed by atoms with Gasteiger partial charge in [-0.05, 0) is 44.2 Å². The molecule has 1 N–H and O–H groups in total. The van der Waals surface area contributed by atoms with Crippen LogP contribution in [0.2, 0.25) is 0 Å². The maximum Gasteiger partial charge on any atom is 0.322 e. The Balaban J connectivity index is 2.07. The normalized spacial score (nSPS) is 19.7. The average Bonchev–Trinajstić information content (AvgIpc) is 3.02. The van der Waals surface area contributed by atoms with Crippen LogP contribution in [0, 0.1) is 19.8 Å². The Labute approximate surface area is 185 Å². The van der Waals surface area contributed by atoms with Gasteiger partial charge in [-0.15, -0.1) is 0 Å². The number of hydrogen-bond donors (Lipinski definition) is 1. The summed E-state index contributed by atoms with van der Waals surface area (Å²) < 4.78 is 0. The number of hydrogen-bond acceptors (Lipinski definition) is 3. The van der Waals surface area contributed by atoms with Crippen molar-refractivity contribution in [2.24, 2.45) is 5.92 Å². The van der Waals surface area contributed by atoms with Gasteiger partial charge < -0.3 is 15.1 Å². The summed E-state index contributed by atoms with van der Waals surface area (Å²) >= 11 is 0. The molecule has 0 aliphatic carbocycles. The number of nitrogens with zero attached hydrogens (tertiary/aromatic N) is 3. The van der Waals surface area contributed by atoms with E-state index in [4.69, 9.17) is 0 Å². The third kappa shape index (κ3) is 4.18. The fourth-order valence-corrected chi connectivity index (χ4v) is 4.59. The average molecular weight is 427 g/mol. The molecule has 0 saturated heterocycles. The quantitative estimate of drug-likeness (QED) is 0.760. The molecule has 4 amide bonds. The van der Waals surface area contributed by atoms with Crippen LogP contribution in [0.4, 0.5) is 4.79 Å². The molecule has 0 bridgehead atoms. The molecule has 0 unspecified atom stereocenters. The molecule has 7 nitrogen and oxygen atoms in total. The first kappa shape index (κ1) is 22.8. The third-order valence-electron chi connectivity index (χ3n) is 6.10. The lowest BCUT2D eigenvalue weighted by atomic mass is 9.91. The Morgan fingerprint density at radius 2 is 1.90 bits per heavy atom. The lowest BCUT2D eigenvalue weighted by molar-refractivity contribution is -0.141. The molecule has 7 heteroatoms. The van der Waals surface area contributed by atoms with E-state index in [1.54, 1.807) is 28.8 Å². The van der Waals surface area contributed by atoms with E-state index in [-0.39, 0.29) is 30.3 Å². The summed E-state index contributed by atoms with van der Waals surface area (Å²) in [6.45, 7) is 10.7. The second-order valence-electron chi connectivity index (χ2n) is 9.16. The topological polar surface area (TPSA) is 73.0 Å². The van der Waals surface area contributed by atoms with E-state index in [9.17, 15) is 14.4 Å². The van der Waals surface area contributed by atoms with Crippen LogP contribution in [0.25, 0.3) is 0 Å². The molecule has 1 aromatic carbocycles. The monoisotopic (exact) mass is 426 g/mol. The Bertz CT molecular complexity index is 935. The van der Waals surface area contributed by atoms with Crippen LogP contribution in [-0.2, 0) is 9.59 Å². The number of benzene rings is 1. The number of amides is 4. The summed E-state index contributed by atoms with van der Waals surface area (Å²) in [5, 5.41) is 3.03. The Morgan fingerprint density at radius 3 is 2.45 bits per heavy atom. The van der Waals surface area contributed by atoms with Gasteiger partial charge in [0.25, 0.3) is 5.91 Å². The first-order chi connectivity index (χ1) is 14.6. The van der Waals surface area contributed by atoms with Crippen LogP contribution in [-0.4, -0.2) is 65.8 Å². The molecule has 3 rings (SSSR count). The summed E-state index contributed by atoms with van der Waals surface area (Å²) in [5.74, 6) is -0.0110. The van der Waals surface area contributed by atoms with Crippen molar-refractivity contribution in [3.05, 3.63) is 46.2 Å². The summed E-state index contributed by atoms with van der Waals surface area (Å²) in [5.41, 5.74) is 4.35. The molecule has 0 spiro atoms. The van der Waals surface area contributed by atoms with Crippen LogP contribution < -0.4 is 5.32 Å². The van der Waals surface area contributed by atoms with Gasteiger partial charge in [-0.25, -0.2) is 4.79 Å². The number of urea groups is 1. The van der Waals surface area contributed by atoms with E-state index in [1.807, 2.05) is 46.8 Å². The van der Waals surface area contributed by atoms with E-state index in [0.717, 1.165) is 16.7 Å². The molecule has 0 saturated carbocycles. The fourth-order valence-electron chi connectivity index (χ4n) is 4.59. The second-order valence-corrected chi connectivity index (χ2v) is 9.16. The SMILES string of the molecule is CCN1C(=O)N[C@H](c2ccc(C)cc2C)C2=C1CN([C@H](CC(C)C)C(=O)N(C)C)C2=O. The van der Waals surface area contributed by atoms with Crippen molar-refractivity contribution in [1.82, 2.24) is 20.0 Å². The first-order valence-electron chi connectivity index (χ1n) is 11.0. The fraction of sp³-hybridized carbons (Fsp3) is 0.542. The highest BCUT2D eigenvalue weighted by molar-refractivity contribution is 6.03. The molecule has 31 heavy (non-hydrogen) atoms. The number of likely N-dealkylation sites (N-methyl/N-ethyl adjacent to an activating group) is 2. The first-order valence-corrected chi connectivity index (χ1v) is 11.0. The van der Waals surface area contributed by atoms with Gasteiger partial charge in [-0.1, -0.05) is 37.6 Å². The zero-order chi connectivity index (χ0) is 23.0. The summed E-state index contributed by atoms with van der Waals surface area (Å²) in [4.78, 5) is 44.5. The van der Waals surface area contributed by atoms with Gasteiger partial charge in [0.1, 0.15) is 6.04 Å². The minimum absolute atomic E-state index is 0.0905. The lowest BCUT2D eigenvalue weighted by Crippen LogP contribution is -2.48. The summed E-state index contributed by atoms with van der Waals surface area (Å²) in [6, 6.07) is 4.76. The van der Waals surface area contributed by atoms with Crippen LogP contribution in [0.15, 0.2) is 29.5 Å². The van der Waals surface area contributed by atoms with Gasteiger partial charge in [0.05, 0.1) is 23.9 Å². The summed E-state index contributed by atoms with van der Waals surface area (Å²) in [6.07, 6.45) is 0.574. The van der Waals surface area contributed by atoms with E-state index in [0.29, 0.717) is 24.2 Å². The Hall–Kier alpha value is -2.83. The van der Waals surface area contributed by atoms with Gasteiger partial charge in [0.15, 0.2) is 0 Å². The van der Waals surface area contributed by atoms with Gasteiger partial charge in [-0.3, -0.25) is 14.5 Å². The number of carbonyl (C=O) groups is 3. The van der Waals surface area contributed by atoms with Gasteiger partial charge >= 0.3 is 6.03 Å². The third-order valence-corrected chi connectivity index (χ3v) is 6.10. The zero-order valence-electron chi connectivity index (χ0n) is 19.7. The smallest absolute Gasteiger partial charge is 0.322 e. The molecule has 168 valence electrons. The second kappa shape index (κ2) is 8.73. The highest BCUT2D eigenvalue weighted by atomic mass is 16.2. The molecule has 2 aliphatic rings. The van der Waals surface area contributed by atoms with E-state index in [1.165, 1.54) is 0 Å². The minimum Gasteiger partial charge on any atom is -0.347 e. The van der Waals surface area contributed by atoms with E-state index >= 15 is 0 Å². The predicted molar refractivity (Wildman–Crippen MR) is 120 cm³/mol.